The van der Waals surface area contributed by atoms with E-state index < -0.39 is 0 Å². The van der Waals surface area contributed by atoms with Gasteiger partial charge >= 0.3 is 0 Å². The molecule has 0 radical (unpaired) electrons. The van der Waals surface area contributed by atoms with Crippen LogP contribution in [0.25, 0.3) is 5.65 Å². The summed E-state index contributed by atoms with van der Waals surface area (Å²) in [6.07, 6.45) is 6.06. The van der Waals surface area contributed by atoms with Crippen LogP contribution in [0, 0.1) is 5.92 Å². The van der Waals surface area contributed by atoms with Gasteiger partial charge in [-0.1, -0.05) is 24.1 Å². The molecule has 2 aromatic heterocycles. The first-order chi connectivity index (χ1) is 9.74. The Morgan fingerprint density at radius 1 is 1.40 bits per heavy atom. The zero-order valence-corrected chi connectivity index (χ0v) is 12.2. The average molecular weight is 294 g/mol. The van der Waals surface area contributed by atoms with Gasteiger partial charge in [0.25, 0.3) is 0 Å². The highest BCUT2D eigenvalue weighted by Crippen LogP contribution is 2.24. The van der Waals surface area contributed by atoms with Gasteiger partial charge in [-0.2, -0.15) is 0 Å². The number of aromatic nitrogens is 2. The smallest absolute Gasteiger partial charge is 0.152 e. The number of aliphatic hydroxyl groups is 1. The monoisotopic (exact) mass is 293 g/mol. The first-order valence-electron chi connectivity index (χ1n) is 7.24. The Morgan fingerprint density at radius 3 is 3.15 bits per heavy atom. The van der Waals surface area contributed by atoms with E-state index in [1.165, 1.54) is 6.42 Å². The third-order valence-electron chi connectivity index (χ3n) is 4.06. The van der Waals surface area contributed by atoms with Crippen molar-refractivity contribution < 1.29 is 5.11 Å². The summed E-state index contributed by atoms with van der Waals surface area (Å²) in [6, 6.07) is 5.89. The summed E-state index contributed by atoms with van der Waals surface area (Å²) in [7, 11) is 0. The minimum Gasteiger partial charge on any atom is -0.393 e. The van der Waals surface area contributed by atoms with Gasteiger partial charge < -0.3 is 14.8 Å². The predicted molar refractivity (Wildman–Crippen MR) is 79.9 cm³/mol. The zero-order valence-electron chi connectivity index (χ0n) is 11.4. The molecule has 0 amide bonds. The molecule has 3 rings (SSSR count). The van der Waals surface area contributed by atoms with Crippen LogP contribution in [0.3, 0.4) is 0 Å². The second-order valence-electron chi connectivity index (χ2n) is 5.60. The molecule has 0 saturated heterocycles. The Labute approximate surface area is 123 Å². The summed E-state index contributed by atoms with van der Waals surface area (Å²) in [4.78, 5) is 4.34. The number of halogens is 1. The van der Waals surface area contributed by atoms with E-state index in [9.17, 15) is 5.11 Å². The van der Waals surface area contributed by atoms with Crippen LogP contribution < -0.4 is 5.32 Å². The highest BCUT2D eigenvalue weighted by atomic mass is 35.5. The molecule has 2 N–H and O–H groups in total. The molecule has 5 heteroatoms. The van der Waals surface area contributed by atoms with Gasteiger partial charge in [-0.05, 0) is 43.9 Å². The maximum Gasteiger partial charge on any atom is 0.152 e. The average Bonchev–Trinajstić information content (AvgIpc) is 2.75. The number of hydrogen-bond acceptors (Lipinski definition) is 3. The number of hydrogen-bond donors (Lipinski definition) is 2. The molecule has 1 saturated carbocycles. The lowest BCUT2D eigenvalue weighted by Gasteiger charge is -2.25. The minimum absolute atomic E-state index is 0.116. The van der Waals surface area contributed by atoms with E-state index in [1.807, 2.05) is 28.8 Å². The zero-order chi connectivity index (χ0) is 13.9. The second kappa shape index (κ2) is 6.12. The molecule has 2 heterocycles. The lowest BCUT2D eigenvalue weighted by Crippen LogP contribution is -2.29. The van der Waals surface area contributed by atoms with Crippen LogP contribution in [-0.4, -0.2) is 27.1 Å². The predicted octanol–water partition coefficient (Wildman–Crippen LogP) is 2.63. The van der Waals surface area contributed by atoms with Crippen LogP contribution >= 0.6 is 11.6 Å². The molecule has 0 spiro atoms. The molecule has 0 aliphatic heterocycles. The molecule has 1 fully saturated rings. The summed E-state index contributed by atoms with van der Waals surface area (Å²) >= 11 is 6.20. The second-order valence-corrected chi connectivity index (χ2v) is 5.95. The molecule has 4 nitrogen and oxygen atoms in total. The number of nitrogens with one attached hydrogen (secondary N) is 1. The number of imidazole rings is 1. The number of fused-ring (bicyclic) bond motifs is 1. The Kier molecular flexibility index (Phi) is 4.24. The third-order valence-corrected chi connectivity index (χ3v) is 4.36. The number of aliphatic hydroxyl groups excluding tert-OH is 1. The topological polar surface area (TPSA) is 49.6 Å². The van der Waals surface area contributed by atoms with Gasteiger partial charge in [0.2, 0.25) is 0 Å². The van der Waals surface area contributed by atoms with Crippen molar-refractivity contribution in [3.63, 3.8) is 0 Å². The Bertz CT molecular complexity index is 584. The summed E-state index contributed by atoms with van der Waals surface area (Å²) < 4.78 is 2.02. The fourth-order valence-electron chi connectivity index (χ4n) is 3.02. The normalized spacial score (nSPS) is 23.3. The van der Waals surface area contributed by atoms with E-state index in [-0.39, 0.29) is 6.10 Å². The quantitative estimate of drug-likeness (QED) is 0.911. The van der Waals surface area contributed by atoms with Gasteiger partial charge in [-0.15, -0.1) is 0 Å². The van der Waals surface area contributed by atoms with Crippen molar-refractivity contribution in [2.75, 3.05) is 6.54 Å². The number of nitrogens with zero attached hydrogens (tertiary/aromatic N) is 2. The van der Waals surface area contributed by atoms with Crippen LogP contribution in [0.2, 0.25) is 5.15 Å². The van der Waals surface area contributed by atoms with Gasteiger partial charge in [0.15, 0.2) is 5.15 Å². The minimum atomic E-state index is -0.116. The van der Waals surface area contributed by atoms with Gasteiger partial charge in [-0.25, -0.2) is 4.98 Å². The maximum absolute atomic E-state index is 9.69. The Hall–Kier alpha value is -1.10. The van der Waals surface area contributed by atoms with E-state index in [0.717, 1.165) is 37.1 Å². The van der Waals surface area contributed by atoms with Gasteiger partial charge in [-0.3, -0.25) is 0 Å². The van der Waals surface area contributed by atoms with E-state index in [1.54, 1.807) is 0 Å². The molecule has 1 aliphatic rings. The summed E-state index contributed by atoms with van der Waals surface area (Å²) in [6.45, 7) is 1.63. The van der Waals surface area contributed by atoms with E-state index >= 15 is 0 Å². The van der Waals surface area contributed by atoms with Gasteiger partial charge in [0.1, 0.15) is 5.65 Å². The molecule has 0 aromatic carbocycles. The van der Waals surface area contributed by atoms with Gasteiger partial charge in [0.05, 0.1) is 11.8 Å². The molecule has 108 valence electrons. The van der Waals surface area contributed by atoms with E-state index in [0.29, 0.717) is 17.6 Å². The molecule has 2 aromatic rings. The fraction of sp³-hybridized carbons (Fsp3) is 0.533. The summed E-state index contributed by atoms with van der Waals surface area (Å²) in [5.41, 5.74) is 1.88. The maximum atomic E-state index is 9.69. The van der Waals surface area contributed by atoms with Crippen LogP contribution in [0.15, 0.2) is 24.4 Å². The van der Waals surface area contributed by atoms with Crippen LogP contribution in [-0.2, 0) is 6.54 Å². The highest BCUT2D eigenvalue weighted by molar-refractivity contribution is 6.30. The lowest BCUT2D eigenvalue weighted by atomic mass is 9.87. The largest absolute Gasteiger partial charge is 0.393 e. The van der Waals surface area contributed by atoms with Crippen LogP contribution in [0.5, 0.6) is 0 Å². The molecule has 1 aliphatic carbocycles. The summed E-state index contributed by atoms with van der Waals surface area (Å²) in [5.74, 6) is 0.566. The van der Waals surface area contributed by atoms with E-state index in [4.69, 9.17) is 11.6 Å². The summed E-state index contributed by atoms with van der Waals surface area (Å²) in [5, 5.41) is 13.7. The first kappa shape index (κ1) is 13.9. The fourth-order valence-corrected chi connectivity index (χ4v) is 3.26. The van der Waals surface area contributed by atoms with Crippen molar-refractivity contribution in [1.82, 2.24) is 14.7 Å². The molecule has 2 atom stereocenters. The molecular formula is C15H20ClN3O. The van der Waals surface area contributed by atoms with Crippen molar-refractivity contribution >= 4 is 17.2 Å². The Balaban J connectivity index is 1.61. The van der Waals surface area contributed by atoms with Crippen molar-refractivity contribution in [1.29, 1.82) is 0 Å². The molecule has 2 unspecified atom stereocenters. The molecular weight excluding hydrogens is 274 g/mol. The van der Waals surface area contributed by atoms with Gasteiger partial charge in [0, 0.05) is 12.7 Å². The standard InChI is InChI=1S/C15H20ClN3O/c16-15-13(19-7-2-1-6-14(19)18-15)10-17-9-11-4-3-5-12(20)8-11/h1-2,6-7,11-12,17,20H,3-5,8-10H2. The van der Waals surface area contributed by atoms with Crippen molar-refractivity contribution in [3.8, 4) is 0 Å². The van der Waals surface area contributed by atoms with Crippen molar-refractivity contribution in [3.05, 3.63) is 35.2 Å². The van der Waals surface area contributed by atoms with Crippen LogP contribution in [0.4, 0.5) is 0 Å². The first-order valence-corrected chi connectivity index (χ1v) is 7.62. The highest BCUT2D eigenvalue weighted by Gasteiger charge is 2.20. The molecule has 0 bridgehead atoms. The molecule has 20 heavy (non-hydrogen) atoms. The van der Waals surface area contributed by atoms with E-state index in [2.05, 4.69) is 10.3 Å². The lowest BCUT2D eigenvalue weighted by molar-refractivity contribution is 0.101. The SMILES string of the molecule is OC1CCCC(CNCc2c(Cl)nc3ccccn23)C1. The Morgan fingerprint density at radius 2 is 2.30 bits per heavy atom. The number of rotatable bonds is 4. The van der Waals surface area contributed by atoms with Crippen molar-refractivity contribution in [2.24, 2.45) is 5.92 Å². The van der Waals surface area contributed by atoms with Crippen molar-refractivity contribution in [2.45, 2.75) is 38.3 Å². The number of pyridine rings is 1. The van der Waals surface area contributed by atoms with Crippen LogP contribution in [0.1, 0.15) is 31.4 Å². The third kappa shape index (κ3) is 2.97.